The van der Waals surface area contributed by atoms with Gasteiger partial charge in [-0.15, -0.1) is 0 Å². The summed E-state index contributed by atoms with van der Waals surface area (Å²) in [6.07, 6.45) is 4.75. The highest BCUT2D eigenvalue weighted by Gasteiger charge is 2.22. The highest BCUT2D eigenvalue weighted by Crippen LogP contribution is 2.19. The van der Waals surface area contributed by atoms with Crippen molar-refractivity contribution in [3.63, 3.8) is 0 Å². The average molecular weight is 317 g/mol. The fraction of sp³-hybridized carbons (Fsp3) is 0.444. The molecule has 0 aliphatic carbocycles. The normalized spacial score (nSPS) is 15.6. The summed E-state index contributed by atoms with van der Waals surface area (Å²) in [5.41, 5.74) is 0.980. The zero-order chi connectivity index (χ0) is 16.5. The maximum absolute atomic E-state index is 12.0. The molecular weight excluding hydrogens is 294 g/mol. The summed E-state index contributed by atoms with van der Waals surface area (Å²) in [6, 6.07) is 9.63. The molecule has 1 amide bonds. The fourth-order valence-electron chi connectivity index (χ4n) is 2.49. The molecule has 0 aromatic heterocycles. The summed E-state index contributed by atoms with van der Waals surface area (Å²) in [4.78, 5) is 25.0. The number of likely N-dealkylation sites (tertiary alicyclic amines) is 1. The van der Waals surface area contributed by atoms with E-state index in [1.165, 1.54) is 6.08 Å². The van der Waals surface area contributed by atoms with Gasteiger partial charge in [0.2, 0.25) is 0 Å². The van der Waals surface area contributed by atoms with Gasteiger partial charge in [0.05, 0.1) is 6.61 Å². The highest BCUT2D eigenvalue weighted by molar-refractivity contribution is 5.81. The third kappa shape index (κ3) is 5.77. The van der Waals surface area contributed by atoms with E-state index in [1.54, 1.807) is 11.8 Å². The summed E-state index contributed by atoms with van der Waals surface area (Å²) in [6.45, 7) is 3.75. The van der Waals surface area contributed by atoms with Gasteiger partial charge >= 0.3 is 12.1 Å². The van der Waals surface area contributed by atoms with E-state index in [1.807, 2.05) is 36.4 Å². The molecule has 0 saturated carbocycles. The van der Waals surface area contributed by atoms with Crippen molar-refractivity contribution in [1.82, 2.24) is 4.90 Å². The first-order valence-electron chi connectivity index (χ1n) is 7.99. The van der Waals surface area contributed by atoms with Crippen LogP contribution in [0, 0.1) is 5.92 Å². The van der Waals surface area contributed by atoms with Crippen LogP contribution in [-0.4, -0.2) is 36.7 Å². The van der Waals surface area contributed by atoms with Crippen molar-refractivity contribution >= 4 is 12.1 Å². The quantitative estimate of drug-likeness (QED) is 0.618. The molecule has 5 nitrogen and oxygen atoms in total. The number of carbonyl (C=O) groups is 2. The molecule has 0 atom stereocenters. The van der Waals surface area contributed by atoms with Crippen molar-refractivity contribution in [2.45, 2.75) is 26.4 Å². The zero-order valence-corrected chi connectivity index (χ0v) is 13.4. The van der Waals surface area contributed by atoms with Crippen molar-refractivity contribution in [3.05, 3.63) is 48.0 Å². The second-order valence-electron chi connectivity index (χ2n) is 5.48. The molecule has 124 valence electrons. The lowest BCUT2D eigenvalue weighted by Gasteiger charge is -2.29. The molecule has 1 aromatic rings. The maximum Gasteiger partial charge on any atom is 0.410 e. The Balaban J connectivity index is 1.71. The van der Waals surface area contributed by atoms with E-state index in [2.05, 4.69) is 0 Å². The van der Waals surface area contributed by atoms with Crippen LogP contribution in [0.4, 0.5) is 4.79 Å². The molecule has 23 heavy (non-hydrogen) atoms. The van der Waals surface area contributed by atoms with Crippen molar-refractivity contribution in [3.8, 4) is 0 Å². The van der Waals surface area contributed by atoms with Crippen molar-refractivity contribution in [1.29, 1.82) is 0 Å². The van der Waals surface area contributed by atoms with E-state index in [9.17, 15) is 9.59 Å². The predicted molar refractivity (Wildman–Crippen MR) is 86.7 cm³/mol. The smallest absolute Gasteiger partial charge is 0.410 e. The van der Waals surface area contributed by atoms with E-state index in [0.29, 0.717) is 32.2 Å². The third-order valence-electron chi connectivity index (χ3n) is 3.79. The summed E-state index contributed by atoms with van der Waals surface area (Å²) in [5, 5.41) is 0. The highest BCUT2D eigenvalue weighted by atomic mass is 16.6. The van der Waals surface area contributed by atoms with Crippen LogP contribution < -0.4 is 0 Å². The summed E-state index contributed by atoms with van der Waals surface area (Å²) < 4.78 is 10.2. The minimum Gasteiger partial charge on any atom is -0.463 e. The number of carbonyl (C=O) groups excluding carboxylic acids is 2. The van der Waals surface area contributed by atoms with Gasteiger partial charge in [-0.3, -0.25) is 0 Å². The van der Waals surface area contributed by atoms with Gasteiger partial charge in [-0.25, -0.2) is 9.59 Å². The van der Waals surface area contributed by atoms with Crippen LogP contribution in [0.5, 0.6) is 0 Å². The number of amides is 1. The SMILES string of the molecule is CCOC(=O)/C=C/C1CCN(C(=O)OCc2ccccc2)CC1. The van der Waals surface area contributed by atoms with Gasteiger partial charge in [-0.2, -0.15) is 0 Å². The molecular formula is C18H23NO4. The minimum absolute atomic E-state index is 0.276. The number of hydrogen-bond donors (Lipinski definition) is 0. The van der Waals surface area contributed by atoms with E-state index < -0.39 is 0 Å². The second kappa shape index (κ2) is 8.98. The largest absolute Gasteiger partial charge is 0.463 e. The molecule has 0 radical (unpaired) electrons. The standard InChI is InChI=1S/C18H23NO4/c1-2-22-17(20)9-8-15-10-12-19(13-11-15)18(21)23-14-16-6-4-3-5-7-16/h3-9,15H,2,10-14H2,1H3/b9-8+. The van der Waals surface area contributed by atoms with Crippen molar-refractivity contribution < 1.29 is 19.1 Å². The van der Waals surface area contributed by atoms with Crippen LogP contribution in [-0.2, 0) is 20.9 Å². The number of esters is 1. The lowest BCUT2D eigenvalue weighted by molar-refractivity contribution is -0.137. The van der Waals surface area contributed by atoms with Crippen LogP contribution in [0.25, 0.3) is 0 Å². The first-order valence-corrected chi connectivity index (χ1v) is 7.99. The van der Waals surface area contributed by atoms with Crippen LogP contribution in [0.3, 0.4) is 0 Å². The first-order chi connectivity index (χ1) is 11.2. The van der Waals surface area contributed by atoms with Gasteiger partial charge in [0.1, 0.15) is 6.61 Å². The molecule has 0 unspecified atom stereocenters. The number of hydrogen-bond acceptors (Lipinski definition) is 4. The van der Waals surface area contributed by atoms with Crippen LogP contribution in [0.2, 0.25) is 0 Å². The van der Waals surface area contributed by atoms with Crippen LogP contribution in [0.1, 0.15) is 25.3 Å². The number of nitrogens with zero attached hydrogens (tertiary/aromatic N) is 1. The summed E-state index contributed by atoms with van der Waals surface area (Å²) >= 11 is 0. The Morgan fingerprint density at radius 1 is 1.17 bits per heavy atom. The Labute approximate surface area is 136 Å². The first kappa shape index (κ1) is 17.1. The van der Waals surface area contributed by atoms with Gasteiger partial charge < -0.3 is 14.4 Å². The van der Waals surface area contributed by atoms with Gasteiger partial charge in [-0.05, 0) is 31.2 Å². The zero-order valence-electron chi connectivity index (χ0n) is 13.4. The van der Waals surface area contributed by atoms with Crippen LogP contribution >= 0.6 is 0 Å². The number of allylic oxidation sites excluding steroid dienone is 1. The molecule has 1 aliphatic heterocycles. The molecule has 1 aromatic carbocycles. The molecule has 0 bridgehead atoms. The minimum atomic E-state index is -0.308. The molecule has 0 spiro atoms. The monoisotopic (exact) mass is 317 g/mol. The van der Waals surface area contributed by atoms with E-state index in [4.69, 9.17) is 9.47 Å². The molecule has 1 fully saturated rings. The molecule has 1 heterocycles. The average Bonchev–Trinajstić information content (AvgIpc) is 2.59. The number of piperidine rings is 1. The lowest BCUT2D eigenvalue weighted by Crippen LogP contribution is -2.38. The Morgan fingerprint density at radius 2 is 1.87 bits per heavy atom. The number of benzene rings is 1. The van der Waals surface area contributed by atoms with Crippen molar-refractivity contribution in [2.24, 2.45) is 5.92 Å². The third-order valence-corrected chi connectivity index (χ3v) is 3.79. The van der Waals surface area contributed by atoms with E-state index in [0.717, 1.165) is 18.4 Å². The fourth-order valence-corrected chi connectivity index (χ4v) is 2.49. The number of ether oxygens (including phenoxy) is 2. The Morgan fingerprint density at radius 3 is 2.52 bits per heavy atom. The predicted octanol–water partition coefficient (Wildman–Crippen LogP) is 3.15. The van der Waals surface area contributed by atoms with Crippen LogP contribution in [0.15, 0.2) is 42.5 Å². The lowest BCUT2D eigenvalue weighted by atomic mass is 9.97. The van der Waals surface area contributed by atoms with Gasteiger partial charge in [0.25, 0.3) is 0 Å². The molecule has 5 heteroatoms. The van der Waals surface area contributed by atoms with Crippen molar-refractivity contribution in [2.75, 3.05) is 19.7 Å². The van der Waals surface area contributed by atoms with Gasteiger partial charge in [0, 0.05) is 19.2 Å². The van der Waals surface area contributed by atoms with Gasteiger partial charge in [-0.1, -0.05) is 36.4 Å². The molecule has 1 aliphatic rings. The molecule has 1 saturated heterocycles. The summed E-state index contributed by atoms with van der Waals surface area (Å²) in [7, 11) is 0. The molecule has 2 rings (SSSR count). The topological polar surface area (TPSA) is 55.8 Å². The van der Waals surface area contributed by atoms with Gasteiger partial charge in [0.15, 0.2) is 0 Å². The van der Waals surface area contributed by atoms with E-state index in [-0.39, 0.29) is 12.1 Å². The number of rotatable bonds is 5. The molecule has 0 N–H and O–H groups in total. The maximum atomic E-state index is 12.0. The second-order valence-corrected chi connectivity index (χ2v) is 5.48. The Bertz CT molecular complexity index is 533. The Hall–Kier alpha value is -2.30. The Kier molecular flexibility index (Phi) is 6.66. The van der Waals surface area contributed by atoms with E-state index >= 15 is 0 Å². The summed E-state index contributed by atoms with van der Waals surface area (Å²) in [5.74, 6) is -0.00483.